The van der Waals surface area contributed by atoms with Crippen molar-refractivity contribution in [2.45, 2.75) is 45.4 Å². The minimum atomic E-state index is 0.136. The van der Waals surface area contributed by atoms with Crippen LogP contribution in [-0.4, -0.2) is 48.0 Å². The van der Waals surface area contributed by atoms with Crippen LogP contribution in [0.5, 0.6) is 0 Å². The zero-order chi connectivity index (χ0) is 16.7. The number of hydrogen-bond acceptors (Lipinski definition) is 4. The summed E-state index contributed by atoms with van der Waals surface area (Å²) in [5.41, 5.74) is 2.50. The lowest BCUT2D eigenvalue weighted by Crippen LogP contribution is -2.41. The van der Waals surface area contributed by atoms with Crippen molar-refractivity contribution in [3.8, 4) is 0 Å². The van der Waals surface area contributed by atoms with E-state index in [-0.39, 0.29) is 5.91 Å². The third kappa shape index (κ3) is 6.16. The average Bonchev–Trinajstić information content (AvgIpc) is 2.55. The van der Waals surface area contributed by atoms with Gasteiger partial charge in [-0.05, 0) is 32.0 Å². The lowest BCUT2D eigenvalue weighted by molar-refractivity contribution is -0.121. The Balaban J connectivity index is 1.85. The lowest BCUT2D eigenvalue weighted by Gasteiger charge is -2.23. The molecule has 2 N–H and O–H groups in total. The number of carbonyl (C=O) groups excluding carboxylic acids is 1. The first-order valence-electron chi connectivity index (χ1n) is 8.41. The molecule has 1 amide bonds. The van der Waals surface area contributed by atoms with E-state index < -0.39 is 0 Å². The molecular weight excluding hydrogens is 306 g/mol. The highest BCUT2D eigenvalue weighted by Crippen LogP contribution is 2.13. The fourth-order valence-electron chi connectivity index (χ4n) is 2.58. The second-order valence-electron chi connectivity index (χ2n) is 6.48. The van der Waals surface area contributed by atoms with Crippen LogP contribution >= 0.6 is 11.8 Å². The molecule has 23 heavy (non-hydrogen) atoms. The Morgan fingerprint density at radius 2 is 2.13 bits per heavy atom. The number of carbonyl (C=O) groups is 1. The smallest absolute Gasteiger partial charge is 0.221 e. The molecule has 1 aliphatic rings. The molecular formula is C18H29N3OS. The van der Waals surface area contributed by atoms with Gasteiger partial charge in [0.25, 0.3) is 0 Å². The molecule has 4 nitrogen and oxygen atoms in total. The predicted octanol–water partition coefficient (Wildman–Crippen LogP) is 2.24. The van der Waals surface area contributed by atoms with Crippen molar-refractivity contribution in [3.63, 3.8) is 0 Å². The van der Waals surface area contributed by atoms with Crippen molar-refractivity contribution in [3.05, 3.63) is 35.4 Å². The van der Waals surface area contributed by atoms with E-state index in [4.69, 9.17) is 0 Å². The SMILES string of the molecule is CC(C)N(C)Cc1ccccc1CNC(=O)CC1CSCCN1. The molecule has 5 heteroatoms. The predicted molar refractivity (Wildman–Crippen MR) is 98.6 cm³/mol. The average molecular weight is 336 g/mol. The molecule has 128 valence electrons. The molecule has 1 unspecified atom stereocenters. The van der Waals surface area contributed by atoms with Crippen LogP contribution in [0.2, 0.25) is 0 Å². The first kappa shape index (κ1) is 18.3. The fourth-order valence-corrected chi connectivity index (χ4v) is 3.53. The summed E-state index contributed by atoms with van der Waals surface area (Å²) in [6, 6.07) is 9.19. The van der Waals surface area contributed by atoms with E-state index in [0.717, 1.165) is 24.6 Å². The summed E-state index contributed by atoms with van der Waals surface area (Å²) in [7, 11) is 2.13. The Morgan fingerprint density at radius 3 is 2.78 bits per heavy atom. The largest absolute Gasteiger partial charge is 0.352 e. The van der Waals surface area contributed by atoms with Gasteiger partial charge in [-0.25, -0.2) is 0 Å². The van der Waals surface area contributed by atoms with E-state index in [2.05, 4.69) is 54.6 Å². The van der Waals surface area contributed by atoms with Gasteiger partial charge in [-0.3, -0.25) is 9.69 Å². The van der Waals surface area contributed by atoms with Crippen molar-refractivity contribution in [1.29, 1.82) is 0 Å². The highest BCUT2D eigenvalue weighted by atomic mass is 32.2. The maximum atomic E-state index is 12.2. The van der Waals surface area contributed by atoms with Gasteiger partial charge in [-0.15, -0.1) is 0 Å². The number of hydrogen-bond donors (Lipinski definition) is 2. The van der Waals surface area contributed by atoms with E-state index in [0.29, 0.717) is 25.0 Å². The third-order valence-electron chi connectivity index (χ3n) is 4.33. The molecule has 1 fully saturated rings. The maximum Gasteiger partial charge on any atom is 0.221 e. The van der Waals surface area contributed by atoms with Crippen LogP contribution in [0.3, 0.4) is 0 Å². The minimum absolute atomic E-state index is 0.136. The van der Waals surface area contributed by atoms with Gasteiger partial charge in [0.05, 0.1) is 0 Å². The second kappa shape index (κ2) is 9.30. The Hall–Kier alpha value is -1.04. The van der Waals surface area contributed by atoms with Crippen molar-refractivity contribution in [2.24, 2.45) is 0 Å². The normalized spacial score (nSPS) is 18.4. The summed E-state index contributed by atoms with van der Waals surface area (Å²) in [5.74, 6) is 2.31. The molecule has 1 atom stereocenters. The monoisotopic (exact) mass is 335 g/mol. The summed E-state index contributed by atoms with van der Waals surface area (Å²) < 4.78 is 0. The highest BCUT2D eigenvalue weighted by Gasteiger charge is 2.16. The van der Waals surface area contributed by atoms with Gasteiger partial charge in [0.2, 0.25) is 5.91 Å². The molecule has 1 aliphatic heterocycles. The number of nitrogens with one attached hydrogen (secondary N) is 2. The Labute approximate surface area is 144 Å². The van der Waals surface area contributed by atoms with Gasteiger partial charge in [0.15, 0.2) is 0 Å². The van der Waals surface area contributed by atoms with Crippen LogP contribution in [0.25, 0.3) is 0 Å². The lowest BCUT2D eigenvalue weighted by atomic mass is 10.1. The van der Waals surface area contributed by atoms with Gasteiger partial charge >= 0.3 is 0 Å². The molecule has 0 saturated carbocycles. The first-order valence-corrected chi connectivity index (χ1v) is 9.56. The summed E-state index contributed by atoms with van der Waals surface area (Å²) in [6.45, 7) is 6.91. The number of nitrogens with zero attached hydrogens (tertiary/aromatic N) is 1. The molecule has 0 aliphatic carbocycles. The third-order valence-corrected chi connectivity index (χ3v) is 5.46. The van der Waals surface area contributed by atoms with Crippen molar-refractivity contribution >= 4 is 17.7 Å². The van der Waals surface area contributed by atoms with Crippen molar-refractivity contribution < 1.29 is 4.79 Å². The van der Waals surface area contributed by atoms with Crippen LogP contribution in [0.15, 0.2) is 24.3 Å². The standard InChI is InChI=1S/C18H29N3OS/c1-14(2)21(3)12-16-7-5-4-6-15(16)11-20-18(22)10-17-13-23-9-8-19-17/h4-7,14,17,19H,8-13H2,1-3H3,(H,20,22). The molecule has 1 aromatic carbocycles. The van der Waals surface area contributed by atoms with Crippen LogP contribution in [0.1, 0.15) is 31.4 Å². The van der Waals surface area contributed by atoms with E-state index in [9.17, 15) is 4.79 Å². The van der Waals surface area contributed by atoms with Gasteiger partial charge in [-0.2, -0.15) is 11.8 Å². The zero-order valence-corrected chi connectivity index (χ0v) is 15.3. The van der Waals surface area contributed by atoms with E-state index in [1.165, 1.54) is 11.1 Å². The van der Waals surface area contributed by atoms with Crippen LogP contribution in [-0.2, 0) is 17.9 Å². The molecule has 0 radical (unpaired) electrons. The van der Waals surface area contributed by atoms with Crippen LogP contribution in [0, 0.1) is 0 Å². The molecule has 1 aromatic rings. The Kier molecular flexibility index (Phi) is 7.40. The van der Waals surface area contributed by atoms with Gasteiger partial charge in [0, 0.05) is 49.6 Å². The number of rotatable bonds is 7. The van der Waals surface area contributed by atoms with E-state index in [1.807, 2.05) is 17.8 Å². The van der Waals surface area contributed by atoms with E-state index >= 15 is 0 Å². The van der Waals surface area contributed by atoms with Crippen molar-refractivity contribution in [2.75, 3.05) is 25.1 Å². The quantitative estimate of drug-likeness (QED) is 0.802. The molecule has 0 aromatic heterocycles. The zero-order valence-electron chi connectivity index (χ0n) is 14.5. The van der Waals surface area contributed by atoms with Crippen LogP contribution in [0.4, 0.5) is 0 Å². The fraction of sp³-hybridized carbons (Fsp3) is 0.611. The summed E-state index contributed by atoms with van der Waals surface area (Å²) >= 11 is 1.92. The number of thioether (sulfide) groups is 1. The van der Waals surface area contributed by atoms with Gasteiger partial charge in [0.1, 0.15) is 0 Å². The second-order valence-corrected chi connectivity index (χ2v) is 7.63. The maximum absolute atomic E-state index is 12.2. The molecule has 1 heterocycles. The molecule has 0 bridgehead atoms. The molecule has 2 rings (SSSR count). The number of amides is 1. The van der Waals surface area contributed by atoms with Crippen LogP contribution < -0.4 is 10.6 Å². The topological polar surface area (TPSA) is 44.4 Å². The summed E-state index contributed by atoms with van der Waals surface area (Å²) in [4.78, 5) is 14.5. The van der Waals surface area contributed by atoms with E-state index in [1.54, 1.807) is 0 Å². The highest BCUT2D eigenvalue weighted by molar-refractivity contribution is 7.99. The summed E-state index contributed by atoms with van der Waals surface area (Å²) in [6.07, 6.45) is 0.570. The molecule has 1 saturated heterocycles. The Bertz CT molecular complexity index is 501. The molecule has 0 spiro atoms. The first-order chi connectivity index (χ1) is 11.1. The summed E-state index contributed by atoms with van der Waals surface area (Å²) in [5, 5.41) is 6.49. The number of benzene rings is 1. The Morgan fingerprint density at radius 1 is 1.39 bits per heavy atom. The van der Waals surface area contributed by atoms with Gasteiger partial charge < -0.3 is 10.6 Å². The van der Waals surface area contributed by atoms with Crippen molar-refractivity contribution in [1.82, 2.24) is 15.5 Å². The van der Waals surface area contributed by atoms with Gasteiger partial charge in [-0.1, -0.05) is 24.3 Å². The minimum Gasteiger partial charge on any atom is -0.352 e.